The van der Waals surface area contributed by atoms with Crippen LogP contribution in [-0.2, 0) is 4.79 Å². The predicted molar refractivity (Wildman–Crippen MR) is 98.4 cm³/mol. The molecule has 2 aromatic carbocycles. The van der Waals surface area contributed by atoms with Crippen LogP contribution in [0.2, 0.25) is 5.02 Å². The van der Waals surface area contributed by atoms with Crippen molar-refractivity contribution in [2.45, 2.75) is 19.9 Å². The first-order valence-corrected chi connectivity index (χ1v) is 8.23. The van der Waals surface area contributed by atoms with Crippen LogP contribution in [0.4, 0.5) is 10.5 Å². The van der Waals surface area contributed by atoms with Crippen LogP contribution in [0.1, 0.15) is 24.1 Å². The zero-order valence-corrected chi connectivity index (χ0v) is 14.6. The van der Waals surface area contributed by atoms with Crippen molar-refractivity contribution in [2.24, 2.45) is 0 Å². The minimum absolute atomic E-state index is 0.279. The number of carbonyl (C=O) groups is 2. The van der Waals surface area contributed by atoms with Crippen LogP contribution in [0.5, 0.6) is 0 Å². The average molecular weight is 356 g/mol. The first kappa shape index (κ1) is 17.0. The van der Waals surface area contributed by atoms with Gasteiger partial charge in [0.25, 0.3) is 5.91 Å². The van der Waals surface area contributed by atoms with E-state index >= 15 is 0 Å². The molecule has 0 aliphatic carbocycles. The molecule has 1 aliphatic heterocycles. The number of allylic oxidation sites excluding steroid dienone is 1. The maximum Gasteiger partial charge on any atom is 0.319 e. The van der Waals surface area contributed by atoms with Crippen LogP contribution in [0, 0.1) is 6.92 Å². The SMILES string of the molecule is CC1=C(C(=O)Nc2ccc(Cl)cc2)C(c2cccc(C)c2)NC(=O)N1. The highest BCUT2D eigenvalue weighted by atomic mass is 35.5. The Kier molecular flexibility index (Phi) is 4.76. The van der Waals surface area contributed by atoms with Crippen molar-refractivity contribution in [3.8, 4) is 0 Å². The lowest BCUT2D eigenvalue weighted by molar-refractivity contribution is -0.113. The van der Waals surface area contributed by atoms with Gasteiger partial charge in [0.15, 0.2) is 0 Å². The zero-order valence-electron chi connectivity index (χ0n) is 13.9. The van der Waals surface area contributed by atoms with Gasteiger partial charge in [-0.3, -0.25) is 4.79 Å². The van der Waals surface area contributed by atoms with E-state index in [4.69, 9.17) is 11.6 Å². The lowest BCUT2D eigenvalue weighted by atomic mass is 9.94. The summed E-state index contributed by atoms with van der Waals surface area (Å²) in [7, 11) is 0. The second kappa shape index (κ2) is 6.99. The Hall–Kier alpha value is -2.79. The molecular weight excluding hydrogens is 338 g/mol. The molecule has 0 aromatic heterocycles. The van der Waals surface area contributed by atoms with Gasteiger partial charge in [0.1, 0.15) is 0 Å². The van der Waals surface area contributed by atoms with Crippen molar-refractivity contribution < 1.29 is 9.59 Å². The molecule has 5 nitrogen and oxygen atoms in total. The summed E-state index contributed by atoms with van der Waals surface area (Å²) in [4.78, 5) is 24.7. The van der Waals surface area contributed by atoms with Gasteiger partial charge < -0.3 is 16.0 Å². The fourth-order valence-electron chi connectivity index (χ4n) is 2.83. The van der Waals surface area contributed by atoms with Gasteiger partial charge in [-0.25, -0.2) is 4.79 Å². The Morgan fingerprint density at radius 1 is 1.12 bits per heavy atom. The van der Waals surface area contributed by atoms with E-state index in [1.54, 1.807) is 31.2 Å². The van der Waals surface area contributed by atoms with Gasteiger partial charge in [-0.2, -0.15) is 0 Å². The van der Waals surface area contributed by atoms with Gasteiger partial charge in [-0.15, -0.1) is 0 Å². The summed E-state index contributed by atoms with van der Waals surface area (Å²) in [6.45, 7) is 3.69. The molecule has 2 aromatic rings. The highest BCUT2D eigenvalue weighted by molar-refractivity contribution is 6.30. The first-order valence-electron chi connectivity index (χ1n) is 7.86. The fourth-order valence-corrected chi connectivity index (χ4v) is 2.95. The van der Waals surface area contributed by atoms with E-state index in [9.17, 15) is 9.59 Å². The molecule has 0 bridgehead atoms. The van der Waals surface area contributed by atoms with Crippen LogP contribution in [0.25, 0.3) is 0 Å². The lowest BCUT2D eigenvalue weighted by Gasteiger charge is -2.29. The number of hydrogen-bond acceptors (Lipinski definition) is 2. The molecule has 3 amide bonds. The summed E-state index contributed by atoms with van der Waals surface area (Å²) >= 11 is 5.87. The molecule has 0 radical (unpaired) electrons. The van der Waals surface area contributed by atoms with Crippen LogP contribution < -0.4 is 16.0 Å². The van der Waals surface area contributed by atoms with Gasteiger partial charge in [0.05, 0.1) is 11.6 Å². The van der Waals surface area contributed by atoms with E-state index in [-0.39, 0.29) is 11.9 Å². The minimum Gasteiger partial charge on any atom is -0.327 e. The monoisotopic (exact) mass is 355 g/mol. The van der Waals surface area contributed by atoms with Crippen LogP contribution >= 0.6 is 11.6 Å². The molecule has 3 N–H and O–H groups in total. The number of urea groups is 1. The van der Waals surface area contributed by atoms with Crippen molar-refractivity contribution in [3.63, 3.8) is 0 Å². The third kappa shape index (κ3) is 3.83. The average Bonchev–Trinajstić information content (AvgIpc) is 2.56. The summed E-state index contributed by atoms with van der Waals surface area (Å²) in [5.41, 5.74) is 3.55. The molecule has 0 saturated carbocycles. The molecule has 0 spiro atoms. The summed E-state index contributed by atoms with van der Waals surface area (Å²) in [6.07, 6.45) is 0. The third-order valence-corrected chi connectivity index (χ3v) is 4.24. The smallest absolute Gasteiger partial charge is 0.319 e. The predicted octanol–water partition coefficient (Wildman–Crippen LogP) is 3.92. The molecule has 128 valence electrons. The molecule has 3 rings (SSSR count). The number of carbonyl (C=O) groups excluding carboxylic acids is 2. The van der Waals surface area contributed by atoms with Crippen LogP contribution in [0.15, 0.2) is 59.8 Å². The number of amides is 3. The molecule has 6 heteroatoms. The van der Waals surface area contributed by atoms with Crippen molar-refractivity contribution in [3.05, 3.63) is 76.0 Å². The second-order valence-corrected chi connectivity index (χ2v) is 6.38. The Morgan fingerprint density at radius 3 is 2.52 bits per heavy atom. The Labute approximate surface area is 151 Å². The standard InChI is InChI=1S/C19H18ClN3O2/c1-11-4-3-5-13(10-11)17-16(12(2)21-19(25)23-17)18(24)22-15-8-6-14(20)7-9-15/h3-10,17H,1-2H3,(H,22,24)(H2,21,23,25). The summed E-state index contributed by atoms with van der Waals surface area (Å²) in [5, 5.41) is 8.94. The highest BCUT2D eigenvalue weighted by Gasteiger charge is 2.31. The zero-order chi connectivity index (χ0) is 18.0. The summed E-state index contributed by atoms with van der Waals surface area (Å²) < 4.78 is 0. The third-order valence-electron chi connectivity index (χ3n) is 3.99. The van der Waals surface area contributed by atoms with E-state index in [1.807, 2.05) is 31.2 Å². The van der Waals surface area contributed by atoms with Crippen molar-refractivity contribution >= 4 is 29.2 Å². The normalized spacial score (nSPS) is 16.9. The van der Waals surface area contributed by atoms with E-state index in [1.165, 1.54) is 0 Å². The van der Waals surface area contributed by atoms with E-state index in [2.05, 4.69) is 16.0 Å². The number of aryl methyl sites for hydroxylation is 1. The van der Waals surface area contributed by atoms with Crippen molar-refractivity contribution in [1.82, 2.24) is 10.6 Å². The van der Waals surface area contributed by atoms with Gasteiger partial charge in [-0.05, 0) is 43.7 Å². The van der Waals surface area contributed by atoms with Crippen molar-refractivity contribution in [1.29, 1.82) is 0 Å². The molecule has 0 fully saturated rings. The van der Waals surface area contributed by atoms with Gasteiger partial charge >= 0.3 is 6.03 Å². The Balaban J connectivity index is 1.94. The highest BCUT2D eigenvalue weighted by Crippen LogP contribution is 2.28. The number of halogens is 1. The summed E-state index contributed by atoms with van der Waals surface area (Å²) in [5.74, 6) is -0.279. The molecular formula is C19H18ClN3O2. The largest absolute Gasteiger partial charge is 0.327 e. The second-order valence-electron chi connectivity index (χ2n) is 5.95. The Morgan fingerprint density at radius 2 is 1.84 bits per heavy atom. The number of nitrogens with one attached hydrogen (secondary N) is 3. The van der Waals surface area contributed by atoms with Crippen LogP contribution in [0.3, 0.4) is 0 Å². The number of benzene rings is 2. The van der Waals surface area contributed by atoms with Gasteiger partial charge in [0.2, 0.25) is 0 Å². The summed E-state index contributed by atoms with van der Waals surface area (Å²) in [6, 6.07) is 13.8. The quantitative estimate of drug-likeness (QED) is 0.781. The number of rotatable bonds is 3. The number of hydrogen-bond donors (Lipinski definition) is 3. The van der Waals surface area contributed by atoms with Crippen molar-refractivity contribution in [2.75, 3.05) is 5.32 Å². The van der Waals surface area contributed by atoms with E-state index in [0.29, 0.717) is 22.0 Å². The van der Waals surface area contributed by atoms with Gasteiger partial charge in [0, 0.05) is 16.4 Å². The molecule has 25 heavy (non-hydrogen) atoms. The van der Waals surface area contributed by atoms with E-state index < -0.39 is 6.04 Å². The number of anilines is 1. The molecule has 1 heterocycles. The lowest BCUT2D eigenvalue weighted by Crippen LogP contribution is -2.46. The van der Waals surface area contributed by atoms with E-state index in [0.717, 1.165) is 11.1 Å². The van der Waals surface area contributed by atoms with Crippen LogP contribution in [-0.4, -0.2) is 11.9 Å². The topological polar surface area (TPSA) is 70.2 Å². The fraction of sp³-hybridized carbons (Fsp3) is 0.158. The maximum atomic E-state index is 12.8. The maximum absolute atomic E-state index is 12.8. The Bertz CT molecular complexity index is 859. The van der Waals surface area contributed by atoms with Gasteiger partial charge in [-0.1, -0.05) is 41.4 Å². The molecule has 0 saturated heterocycles. The minimum atomic E-state index is -0.513. The first-order chi connectivity index (χ1) is 11.9. The molecule has 1 unspecified atom stereocenters. The molecule has 1 aliphatic rings. The molecule has 1 atom stereocenters.